The zero-order valence-electron chi connectivity index (χ0n) is 32.2. The molecule has 54 heavy (non-hydrogen) atoms. The number of aryl methyl sites for hydroxylation is 1. The Bertz CT molecular complexity index is 1610. The van der Waals surface area contributed by atoms with E-state index in [9.17, 15) is 30.0 Å². The fraction of sp³-hybridized carbons (Fsp3) is 0.619. The molecule has 1 aromatic carbocycles. The van der Waals surface area contributed by atoms with Crippen LogP contribution in [0.25, 0.3) is 5.57 Å². The lowest BCUT2D eigenvalue weighted by atomic mass is 9.57. The van der Waals surface area contributed by atoms with E-state index in [1.54, 1.807) is 18.2 Å². The number of fused-ring (bicyclic) bond motifs is 2. The lowest BCUT2D eigenvalue weighted by molar-refractivity contribution is -0.158. The van der Waals surface area contributed by atoms with Crippen LogP contribution in [0, 0.1) is 41.4 Å². The molecule has 9 unspecified atom stereocenters. The number of benzene rings is 1. The van der Waals surface area contributed by atoms with E-state index in [-0.39, 0.29) is 61.4 Å². The maximum absolute atomic E-state index is 12.7. The van der Waals surface area contributed by atoms with Crippen molar-refractivity contribution in [1.29, 1.82) is 0 Å². The molecule has 1 aromatic heterocycles. The molecule has 0 amide bonds. The Balaban J connectivity index is 1.42. The summed E-state index contributed by atoms with van der Waals surface area (Å²) in [5, 5.41) is 45.9. The summed E-state index contributed by atoms with van der Waals surface area (Å²) in [6.45, 7) is 7.39. The van der Waals surface area contributed by atoms with Crippen molar-refractivity contribution in [2.45, 2.75) is 97.4 Å². The average Bonchev–Trinajstić information content (AvgIpc) is 3.63. The summed E-state index contributed by atoms with van der Waals surface area (Å²) in [5.41, 5.74) is 9.62. The summed E-state index contributed by atoms with van der Waals surface area (Å²) in [6.07, 6.45) is 8.65. The number of rotatable bonds is 16. The number of aliphatic hydroxyl groups is 3. The van der Waals surface area contributed by atoms with Gasteiger partial charge in [0, 0.05) is 51.2 Å². The third-order valence-electron chi connectivity index (χ3n) is 11.9. The van der Waals surface area contributed by atoms with Crippen molar-refractivity contribution in [2.75, 3.05) is 26.4 Å². The van der Waals surface area contributed by atoms with Crippen molar-refractivity contribution in [1.82, 2.24) is 10.3 Å². The van der Waals surface area contributed by atoms with E-state index in [4.69, 9.17) is 19.9 Å². The molecular weight excluding hydrogens is 690 g/mol. The van der Waals surface area contributed by atoms with Crippen LogP contribution >= 0.6 is 0 Å². The number of hydrogen-bond acceptors (Lipinski definition) is 11. The number of aromatic amines is 1. The van der Waals surface area contributed by atoms with E-state index in [0.717, 1.165) is 48.1 Å². The summed E-state index contributed by atoms with van der Waals surface area (Å²) in [5.74, 6) is 0.589. The highest BCUT2D eigenvalue weighted by Crippen LogP contribution is 2.51. The second kappa shape index (κ2) is 19.0. The van der Waals surface area contributed by atoms with Crippen molar-refractivity contribution >= 4 is 17.5 Å². The molecule has 9 atom stereocenters. The molecule has 5 rings (SSSR count). The highest BCUT2D eigenvalue weighted by Gasteiger charge is 2.47. The predicted molar refractivity (Wildman–Crippen MR) is 205 cm³/mol. The fourth-order valence-corrected chi connectivity index (χ4v) is 9.49. The van der Waals surface area contributed by atoms with E-state index >= 15 is 0 Å². The fourth-order valence-electron chi connectivity index (χ4n) is 9.49. The molecule has 2 aromatic rings. The number of aromatic nitrogens is 1. The van der Waals surface area contributed by atoms with Crippen LogP contribution in [-0.4, -0.2) is 82.0 Å². The largest absolute Gasteiger partial charge is 0.504 e. The van der Waals surface area contributed by atoms with Crippen molar-refractivity contribution < 1.29 is 44.2 Å². The number of ether oxygens (including phenoxy) is 3. The van der Waals surface area contributed by atoms with E-state index < -0.39 is 36.2 Å². The minimum absolute atomic E-state index is 0.00368. The monoisotopic (exact) mass is 751 g/mol. The third-order valence-corrected chi connectivity index (χ3v) is 11.9. The molecule has 0 saturated heterocycles. The molecule has 0 radical (unpaired) electrons. The first kappa shape index (κ1) is 41.2. The molecule has 298 valence electrons. The van der Waals surface area contributed by atoms with Gasteiger partial charge < -0.3 is 50.7 Å². The first-order chi connectivity index (χ1) is 25.9. The number of nitrogens with two attached hydrogens (primary N) is 1. The van der Waals surface area contributed by atoms with Gasteiger partial charge in [-0.05, 0) is 127 Å². The number of aromatic hydroxyl groups is 1. The number of carbonyl (C=O) groups excluding carboxylic acids is 2. The number of phenols is 1. The molecule has 2 heterocycles. The van der Waals surface area contributed by atoms with Crippen LogP contribution in [0.3, 0.4) is 0 Å². The molecule has 2 saturated carbocycles. The Morgan fingerprint density at radius 2 is 1.81 bits per heavy atom. The number of allylic oxidation sites excluding steroid dienone is 2. The number of dihydropyridines is 1. The van der Waals surface area contributed by atoms with Gasteiger partial charge in [0.2, 0.25) is 0 Å². The molecular formula is C42H61N3O9. The van der Waals surface area contributed by atoms with Crippen molar-refractivity contribution in [2.24, 2.45) is 47.2 Å². The van der Waals surface area contributed by atoms with Gasteiger partial charge in [0.05, 0.1) is 18.5 Å². The van der Waals surface area contributed by atoms with Gasteiger partial charge in [-0.2, -0.15) is 0 Å². The second-order valence-corrected chi connectivity index (χ2v) is 16.0. The number of esters is 2. The second-order valence-electron chi connectivity index (χ2n) is 16.0. The van der Waals surface area contributed by atoms with Crippen LogP contribution < -0.4 is 15.8 Å². The van der Waals surface area contributed by atoms with Crippen molar-refractivity contribution in [3.63, 3.8) is 0 Å². The molecule has 1 aliphatic heterocycles. The highest BCUT2D eigenvalue weighted by molar-refractivity contribution is 5.79. The van der Waals surface area contributed by atoms with Crippen LogP contribution in [0.4, 0.5) is 0 Å². The normalized spacial score (nSPS) is 26.7. The lowest BCUT2D eigenvalue weighted by Gasteiger charge is -2.50. The summed E-state index contributed by atoms with van der Waals surface area (Å²) in [7, 11) is 0. The van der Waals surface area contributed by atoms with Gasteiger partial charge in [0.25, 0.3) is 0 Å². The van der Waals surface area contributed by atoms with Crippen LogP contribution in [0.2, 0.25) is 0 Å². The van der Waals surface area contributed by atoms with E-state index in [1.165, 1.54) is 13.8 Å². The van der Waals surface area contributed by atoms with Crippen LogP contribution in [0.1, 0.15) is 83.0 Å². The number of nitrogens with one attached hydrogen (secondary N) is 2. The molecule has 8 N–H and O–H groups in total. The third kappa shape index (κ3) is 10.6. The zero-order chi connectivity index (χ0) is 38.9. The SMILES string of the molecule is CC(=O)OC(CCc1cc(OCCO)c(O)cc1C1=CCNC(N)=C1)CC(OC(C)=O)C1CC(CO)C(O)C2CC(C1)C(C(C)C)CC2Cc1ccc[nH]1. The quantitative estimate of drug-likeness (QED) is 0.118. The number of aliphatic hydroxyl groups excluding tert-OH is 3. The first-order valence-electron chi connectivity index (χ1n) is 19.6. The van der Waals surface area contributed by atoms with E-state index in [2.05, 4.69) is 30.2 Å². The van der Waals surface area contributed by atoms with Crippen LogP contribution in [-0.2, 0) is 31.9 Å². The van der Waals surface area contributed by atoms with Crippen molar-refractivity contribution in [3.05, 3.63) is 65.3 Å². The van der Waals surface area contributed by atoms with Gasteiger partial charge in [0.15, 0.2) is 11.5 Å². The predicted octanol–water partition coefficient (Wildman–Crippen LogP) is 4.60. The van der Waals surface area contributed by atoms with Crippen molar-refractivity contribution in [3.8, 4) is 11.5 Å². The van der Waals surface area contributed by atoms with Crippen LogP contribution in [0.5, 0.6) is 11.5 Å². The maximum Gasteiger partial charge on any atom is 0.302 e. The van der Waals surface area contributed by atoms with Gasteiger partial charge >= 0.3 is 11.9 Å². The topological polar surface area (TPSA) is 197 Å². The molecule has 2 aliphatic carbocycles. The van der Waals surface area contributed by atoms with Gasteiger partial charge in [-0.15, -0.1) is 0 Å². The van der Waals surface area contributed by atoms with E-state index in [0.29, 0.717) is 43.5 Å². The standard InChI is InChI=1S/C42H61N3O9/c1-24(2)35-17-30(16-33-6-5-10-44-33)37-18-29(35)14-31(15-32(23-47)42(37)51)39(54-26(4)49)21-34(53-25(3)48)8-7-27-19-40(52-13-12-46)38(50)22-36(27)28-9-11-45-41(43)20-28/h5-6,9-10,19-20,22,24,29-32,34-35,37,39,42,44-47,50-51H,7-8,11-18,21,23,43H2,1-4H3. The summed E-state index contributed by atoms with van der Waals surface area (Å²) in [4.78, 5) is 28.6. The molecule has 2 bridgehead atoms. The number of H-pyrrole nitrogens is 1. The summed E-state index contributed by atoms with van der Waals surface area (Å²) >= 11 is 0. The molecule has 0 spiro atoms. The molecule has 3 aliphatic rings. The number of phenolic OH excluding ortho intramolecular Hbond substituents is 1. The Morgan fingerprint density at radius 1 is 1.04 bits per heavy atom. The Hall–Kier alpha value is -4.00. The molecule has 12 heteroatoms. The smallest absolute Gasteiger partial charge is 0.302 e. The van der Waals surface area contributed by atoms with Gasteiger partial charge in [-0.25, -0.2) is 0 Å². The number of hydrogen-bond donors (Lipinski definition) is 7. The highest BCUT2D eigenvalue weighted by atomic mass is 16.6. The van der Waals surface area contributed by atoms with Crippen LogP contribution in [0.15, 0.2) is 48.4 Å². The van der Waals surface area contributed by atoms with Gasteiger partial charge in [0.1, 0.15) is 18.8 Å². The minimum atomic E-state index is -0.710. The van der Waals surface area contributed by atoms with Gasteiger partial charge in [-0.1, -0.05) is 19.9 Å². The van der Waals surface area contributed by atoms with Gasteiger partial charge in [-0.3, -0.25) is 9.59 Å². The summed E-state index contributed by atoms with van der Waals surface area (Å²) < 4.78 is 17.7. The maximum atomic E-state index is 12.7. The Kier molecular flexibility index (Phi) is 14.5. The Morgan fingerprint density at radius 3 is 2.46 bits per heavy atom. The molecule has 2 fully saturated rings. The molecule has 12 nitrogen and oxygen atoms in total. The summed E-state index contributed by atoms with van der Waals surface area (Å²) in [6, 6.07) is 7.45. The zero-order valence-corrected chi connectivity index (χ0v) is 32.2. The number of carbonyl (C=O) groups is 2. The Labute approximate surface area is 319 Å². The average molecular weight is 752 g/mol. The minimum Gasteiger partial charge on any atom is -0.504 e. The first-order valence-corrected chi connectivity index (χ1v) is 19.6. The van der Waals surface area contributed by atoms with E-state index in [1.807, 2.05) is 18.3 Å². The lowest BCUT2D eigenvalue weighted by Crippen LogP contribution is -2.48.